The highest BCUT2D eigenvalue weighted by molar-refractivity contribution is 5.36. The van der Waals surface area contributed by atoms with Crippen molar-refractivity contribution in [3.05, 3.63) is 65.2 Å². The summed E-state index contributed by atoms with van der Waals surface area (Å²) in [6, 6.07) is 16.3. The molecule has 0 aromatic heterocycles. The third-order valence-corrected chi connectivity index (χ3v) is 3.93. The van der Waals surface area contributed by atoms with Gasteiger partial charge in [0, 0.05) is 0 Å². The number of ether oxygens (including phenoxy) is 1. The zero-order valence-corrected chi connectivity index (χ0v) is 11.0. The molecule has 1 N–H and O–H groups in total. The Morgan fingerprint density at radius 2 is 2.00 bits per heavy atom. The van der Waals surface area contributed by atoms with Crippen LogP contribution >= 0.6 is 0 Å². The lowest BCUT2D eigenvalue weighted by molar-refractivity contribution is 0.123. The Morgan fingerprint density at radius 3 is 2.79 bits per heavy atom. The topological polar surface area (TPSA) is 29.5 Å². The third kappa shape index (κ3) is 2.36. The lowest BCUT2D eigenvalue weighted by Crippen LogP contribution is -2.10. The Morgan fingerprint density at radius 1 is 1.16 bits per heavy atom. The summed E-state index contributed by atoms with van der Waals surface area (Å²) in [6.45, 7) is 0. The van der Waals surface area contributed by atoms with Gasteiger partial charge in [-0.15, -0.1) is 0 Å². The maximum atomic E-state index is 10.4. The van der Waals surface area contributed by atoms with Gasteiger partial charge in [0.25, 0.3) is 0 Å². The van der Waals surface area contributed by atoms with E-state index in [1.807, 2.05) is 30.3 Å². The molecule has 0 saturated carbocycles. The number of benzene rings is 2. The SMILES string of the molecule is COc1cccc(CC2Cc3ccccc3C2O)c1. The van der Waals surface area contributed by atoms with Gasteiger partial charge >= 0.3 is 0 Å². The smallest absolute Gasteiger partial charge is 0.119 e. The first kappa shape index (κ1) is 12.2. The molecule has 19 heavy (non-hydrogen) atoms. The second kappa shape index (κ2) is 5.06. The zero-order valence-electron chi connectivity index (χ0n) is 11.0. The highest BCUT2D eigenvalue weighted by Crippen LogP contribution is 2.37. The maximum Gasteiger partial charge on any atom is 0.119 e. The zero-order chi connectivity index (χ0) is 13.2. The Balaban J connectivity index is 1.79. The fraction of sp³-hybridized carbons (Fsp3) is 0.294. The Labute approximate surface area is 113 Å². The normalized spacial score (nSPS) is 21.2. The van der Waals surface area contributed by atoms with Crippen LogP contribution in [0.1, 0.15) is 22.8 Å². The van der Waals surface area contributed by atoms with Crippen molar-refractivity contribution in [2.75, 3.05) is 7.11 Å². The largest absolute Gasteiger partial charge is 0.497 e. The number of fused-ring (bicyclic) bond motifs is 1. The van der Waals surface area contributed by atoms with Crippen LogP contribution < -0.4 is 4.74 Å². The van der Waals surface area contributed by atoms with E-state index in [1.165, 1.54) is 11.1 Å². The monoisotopic (exact) mass is 254 g/mol. The average molecular weight is 254 g/mol. The maximum absolute atomic E-state index is 10.4. The molecule has 2 atom stereocenters. The predicted octanol–water partition coefficient (Wildman–Crippen LogP) is 3.14. The van der Waals surface area contributed by atoms with Gasteiger partial charge in [0.05, 0.1) is 13.2 Å². The molecule has 3 rings (SSSR count). The highest BCUT2D eigenvalue weighted by atomic mass is 16.5. The molecule has 0 bridgehead atoms. The first-order chi connectivity index (χ1) is 9.28. The second-order valence-electron chi connectivity index (χ2n) is 5.16. The van der Waals surface area contributed by atoms with Gasteiger partial charge in [0.1, 0.15) is 5.75 Å². The molecule has 0 aliphatic heterocycles. The molecular formula is C17H18O2. The lowest BCUT2D eigenvalue weighted by atomic mass is 9.94. The summed E-state index contributed by atoms with van der Waals surface area (Å²) in [6.07, 6.45) is 1.49. The van der Waals surface area contributed by atoms with E-state index in [9.17, 15) is 5.11 Å². The van der Waals surface area contributed by atoms with Crippen LogP contribution in [0.3, 0.4) is 0 Å². The van der Waals surface area contributed by atoms with Crippen molar-refractivity contribution < 1.29 is 9.84 Å². The molecule has 1 aliphatic carbocycles. The predicted molar refractivity (Wildman–Crippen MR) is 75.3 cm³/mol. The number of aliphatic hydroxyl groups excluding tert-OH is 1. The van der Waals surface area contributed by atoms with Crippen molar-refractivity contribution in [1.82, 2.24) is 0 Å². The molecule has 0 radical (unpaired) electrons. The van der Waals surface area contributed by atoms with Crippen LogP contribution in [0.25, 0.3) is 0 Å². The van der Waals surface area contributed by atoms with E-state index in [0.29, 0.717) is 0 Å². The summed E-state index contributed by atoms with van der Waals surface area (Å²) < 4.78 is 5.25. The van der Waals surface area contributed by atoms with Crippen LogP contribution in [0, 0.1) is 5.92 Å². The summed E-state index contributed by atoms with van der Waals surface area (Å²) in [5.74, 6) is 1.15. The lowest BCUT2D eigenvalue weighted by Gasteiger charge is -2.15. The Bertz CT molecular complexity index is 577. The van der Waals surface area contributed by atoms with Crippen molar-refractivity contribution >= 4 is 0 Å². The number of methoxy groups -OCH3 is 1. The quantitative estimate of drug-likeness (QED) is 0.911. The minimum absolute atomic E-state index is 0.268. The van der Waals surface area contributed by atoms with Crippen LogP contribution in [0.2, 0.25) is 0 Å². The van der Waals surface area contributed by atoms with E-state index >= 15 is 0 Å². The molecule has 0 spiro atoms. The minimum Gasteiger partial charge on any atom is -0.497 e. The Hall–Kier alpha value is -1.80. The van der Waals surface area contributed by atoms with E-state index in [4.69, 9.17) is 4.74 Å². The van der Waals surface area contributed by atoms with Crippen molar-refractivity contribution in [3.63, 3.8) is 0 Å². The molecule has 2 aromatic rings. The minimum atomic E-state index is -0.345. The van der Waals surface area contributed by atoms with E-state index in [2.05, 4.69) is 18.2 Å². The van der Waals surface area contributed by atoms with E-state index in [0.717, 1.165) is 24.2 Å². The van der Waals surface area contributed by atoms with Gasteiger partial charge < -0.3 is 9.84 Å². The van der Waals surface area contributed by atoms with Crippen molar-refractivity contribution in [2.24, 2.45) is 5.92 Å². The molecule has 2 unspecified atom stereocenters. The first-order valence-corrected chi connectivity index (χ1v) is 6.66. The number of aliphatic hydroxyl groups is 1. The summed E-state index contributed by atoms with van der Waals surface area (Å²) in [5, 5.41) is 10.4. The summed E-state index contributed by atoms with van der Waals surface area (Å²) in [7, 11) is 1.68. The molecule has 0 fully saturated rings. The van der Waals surface area contributed by atoms with Crippen LogP contribution in [-0.2, 0) is 12.8 Å². The fourth-order valence-corrected chi connectivity index (χ4v) is 2.94. The number of rotatable bonds is 3. The van der Waals surface area contributed by atoms with Gasteiger partial charge in [-0.05, 0) is 47.6 Å². The molecular weight excluding hydrogens is 236 g/mol. The van der Waals surface area contributed by atoms with Gasteiger partial charge in [-0.1, -0.05) is 36.4 Å². The van der Waals surface area contributed by atoms with Gasteiger partial charge in [0.15, 0.2) is 0 Å². The van der Waals surface area contributed by atoms with Gasteiger partial charge in [-0.2, -0.15) is 0 Å². The van der Waals surface area contributed by atoms with Crippen molar-refractivity contribution in [1.29, 1.82) is 0 Å². The van der Waals surface area contributed by atoms with Crippen LogP contribution in [0.5, 0.6) is 5.75 Å². The summed E-state index contributed by atoms with van der Waals surface area (Å²) in [4.78, 5) is 0. The van der Waals surface area contributed by atoms with E-state index < -0.39 is 0 Å². The van der Waals surface area contributed by atoms with Crippen LogP contribution in [0.4, 0.5) is 0 Å². The molecule has 2 nitrogen and oxygen atoms in total. The molecule has 1 aliphatic rings. The molecule has 98 valence electrons. The van der Waals surface area contributed by atoms with E-state index in [1.54, 1.807) is 7.11 Å². The molecule has 0 saturated heterocycles. The molecule has 0 amide bonds. The van der Waals surface area contributed by atoms with Crippen molar-refractivity contribution in [2.45, 2.75) is 18.9 Å². The molecule has 2 heteroatoms. The average Bonchev–Trinajstić information content (AvgIpc) is 2.76. The second-order valence-corrected chi connectivity index (χ2v) is 5.16. The van der Waals surface area contributed by atoms with Crippen molar-refractivity contribution in [3.8, 4) is 5.75 Å². The first-order valence-electron chi connectivity index (χ1n) is 6.66. The number of hydrogen-bond donors (Lipinski definition) is 1. The van der Waals surface area contributed by atoms with Gasteiger partial charge in [-0.3, -0.25) is 0 Å². The van der Waals surface area contributed by atoms with Gasteiger partial charge in [0.2, 0.25) is 0 Å². The summed E-state index contributed by atoms with van der Waals surface area (Å²) in [5.41, 5.74) is 3.59. The van der Waals surface area contributed by atoms with Crippen LogP contribution in [0.15, 0.2) is 48.5 Å². The summed E-state index contributed by atoms with van der Waals surface area (Å²) >= 11 is 0. The van der Waals surface area contributed by atoms with Crippen LogP contribution in [-0.4, -0.2) is 12.2 Å². The highest BCUT2D eigenvalue weighted by Gasteiger charge is 2.30. The third-order valence-electron chi connectivity index (χ3n) is 3.93. The Kier molecular flexibility index (Phi) is 3.26. The number of hydrogen-bond acceptors (Lipinski definition) is 2. The van der Waals surface area contributed by atoms with Gasteiger partial charge in [-0.25, -0.2) is 0 Å². The fourth-order valence-electron chi connectivity index (χ4n) is 2.94. The molecule has 0 heterocycles. The standard InChI is InChI=1S/C17H18O2/c1-19-15-7-4-5-12(10-15)9-14-11-13-6-2-3-8-16(13)17(14)18/h2-8,10,14,17-18H,9,11H2,1H3. The molecule has 2 aromatic carbocycles. The van der Waals surface area contributed by atoms with E-state index in [-0.39, 0.29) is 12.0 Å².